The lowest BCUT2D eigenvalue weighted by molar-refractivity contribution is -0.146. The first-order valence-corrected chi connectivity index (χ1v) is 14.0. The summed E-state index contributed by atoms with van der Waals surface area (Å²) in [6.07, 6.45) is 3.99. The summed E-state index contributed by atoms with van der Waals surface area (Å²) in [5, 5.41) is 15.5. The van der Waals surface area contributed by atoms with Gasteiger partial charge in [-0.05, 0) is 76.8 Å². The largest absolute Gasteiger partial charge is 0.396 e. The third kappa shape index (κ3) is 5.34. The zero-order valence-electron chi connectivity index (χ0n) is 23.8. The van der Waals surface area contributed by atoms with Crippen molar-refractivity contribution >= 4 is 23.4 Å². The Bertz CT molecular complexity index is 1050. The number of para-hydroxylation sites is 1. The highest BCUT2D eigenvalue weighted by Gasteiger charge is 2.77. The van der Waals surface area contributed by atoms with Crippen molar-refractivity contribution in [2.24, 2.45) is 17.3 Å². The minimum atomic E-state index is -1.04. The number of benzene rings is 1. The molecule has 0 radical (unpaired) electrons. The van der Waals surface area contributed by atoms with E-state index in [4.69, 9.17) is 4.74 Å². The average Bonchev–Trinajstić information content (AvgIpc) is 3.36. The molecule has 3 saturated heterocycles. The van der Waals surface area contributed by atoms with Gasteiger partial charge in [-0.25, -0.2) is 0 Å². The second-order valence-corrected chi connectivity index (χ2v) is 13.5. The number of fused-ring (bicyclic) bond motifs is 1. The van der Waals surface area contributed by atoms with E-state index in [0.29, 0.717) is 37.9 Å². The number of carbonyl (C=O) groups excluding carboxylic acids is 3. The molecule has 3 aliphatic rings. The van der Waals surface area contributed by atoms with E-state index in [1.807, 2.05) is 51.1 Å². The van der Waals surface area contributed by atoms with E-state index in [0.717, 1.165) is 12.8 Å². The van der Waals surface area contributed by atoms with Crippen LogP contribution < -0.4 is 10.6 Å². The van der Waals surface area contributed by atoms with Crippen molar-refractivity contribution in [3.63, 3.8) is 0 Å². The predicted molar refractivity (Wildman–Crippen MR) is 146 cm³/mol. The molecule has 3 amide bonds. The smallest absolute Gasteiger partial charge is 0.246 e. The zero-order valence-corrected chi connectivity index (χ0v) is 23.8. The molecule has 5 atom stereocenters. The van der Waals surface area contributed by atoms with Crippen LogP contribution in [0.15, 0.2) is 30.3 Å². The summed E-state index contributed by atoms with van der Waals surface area (Å²) < 4.78 is 6.70. The number of likely N-dealkylation sites (tertiary alicyclic amines) is 1. The number of aliphatic hydroxyl groups excluding tert-OH is 1. The van der Waals surface area contributed by atoms with Crippen LogP contribution in [-0.2, 0) is 19.1 Å². The fourth-order valence-corrected chi connectivity index (χ4v) is 7.45. The Labute approximate surface area is 226 Å². The molecular weight excluding hydrogens is 482 g/mol. The van der Waals surface area contributed by atoms with E-state index in [2.05, 4.69) is 31.4 Å². The Hall–Kier alpha value is -2.45. The summed E-state index contributed by atoms with van der Waals surface area (Å²) in [4.78, 5) is 43.5. The highest BCUT2D eigenvalue weighted by Crippen LogP contribution is 2.63. The van der Waals surface area contributed by atoms with Crippen LogP contribution >= 0.6 is 0 Å². The van der Waals surface area contributed by atoms with Gasteiger partial charge in [-0.3, -0.25) is 14.4 Å². The SMILES string of the molecule is CC(C)(C)CC(C)(C)NC(=O)C1N(CCCCCO)C(=O)[C@@H]2[C@H](C(=O)Nc3ccccc3)[C@]3(C)CCC12O3. The standard InChI is InChI=1S/C30H45N3O5/c1-27(2,3)19-28(4,5)32-25(36)23-30-16-15-29(6,38-30)21(24(35)31-20-13-9-7-10-14-20)22(30)26(37)33(23)17-11-8-12-18-34/h7,9-10,13-14,21-23,34H,8,11-12,15-19H2,1-6H3,(H,31,35)(H,32,36)/t21-,22+,23?,29+,30?/m1/s1. The molecule has 1 aromatic carbocycles. The maximum atomic E-state index is 14.1. The topological polar surface area (TPSA) is 108 Å². The maximum Gasteiger partial charge on any atom is 0.246 e. The number of unbranched alkanes of at least 4 members (excludes halogenated alkanes) is 2. The molecule has 1 spiro atoms. The summed E-state index contributed by atoms with van der Waals surface area (Å²) in [6, 6.07) is 8.43. The molecule has 2 unspecified atom stereocenters. The van der Waals surface area contributed by atoms with Crippen molar-refractivity contribution in [3.05, 3.63) is 30.3 Å². The Kier molecular flexibility index (Phi) is 7.71. The number of hydrogen-bond donors (Lipinski definition) is 3. The molecule has 0 aromatic heterocycles. The van der Waals surface area contributed by atoms with Crippen LogP contribution in [0.5, 0.6) is 0 Å². The third-order valence-corrected chi connectivity index (χ3v) is 8.34. The van der Waals surface area contributed by atoms with Gasteiger partial charge in [-0.2, -0.15) is 0 Å². The number of aliphatic hydroxyl groups is 1. The first-order chi connectivity index (χ1) is 17.7. The molecular formula is C30H45N3O5. The fourth-order valence-electron chi connectivity index (χ4n) is 7.45. The molecule has 3 heterocycles. The van der Waals surface area contributed by atoms with Gasteiger partial charge in [0.1, 0.15) is 11.6 Å². The van der Waals surface area contributed by atoms with Gasteiger partial charge in [0.2, 0.25) is 17.7 Å². The van der Waals surface area contributed by atoms with Crippen LogP contribution in [0, 0.1) is 17.3 Å². The van der Waals surface area contributed by atoms with Crippen molar-refractivity contribution in [2.45, 2.75) is 103 Å². The minimum Gasteiger partial charge on any atom is -0.396 e. The summed E-state index contributed by atoms with van der Waals surface area (Å²) in [6.45, 7) is 12.8. The molecule has 3 aliphatic heterocycles. The van der Waals surface area contributed by atoms with Crippen LogP contribution in [0.3, 0.4) is 0 Å². The molecule has 3 N–H and O–H groups in total. The van der Waals surface area contributed by atoms with Gasteiger partial charge >= 0.3 is 0 Å². The van der Waals surface area contributed by atoms with Crippen LogP contribution in [0.1, 0.15) is 80.1 Å². The Morgan fingerprint density at radius 3 is 2.37 bits per heavy atom. The Balaban J connectivity index is 1.66. The summed E-state index contributed by atoms with van der Waals surface area (Å²) in [5.41, 5.74) is -1.67. The highest BCUT2D eigenvalue weighted by molar-refractivity contribution is 6.02. The van der Waals surface area contributed by atoms with E-state index < -0.39 is 34.6 Å². The van der Waals surface area contributed by atoms with E-state index in [1.165, 1.54) is 0 Å². The van der Waals surface area contributed by atoms with E-state index >= 15 is 0 Å². The molecule has 8 heteroatoms. The number of nitrogens with zero attached hydrogens (tertiary/aromatic N) is 1. The van der Waals surface area contributed by atoms with Crippen molar-refractivity contribution in [3.8, 4) is 0 Å². The number of carbonyl (C=O) groups is 3. The van der Waals surface area contributed by atoms with E-state index in [1.54, 1.807) is 4.90 Å². The van der Waals surface area contributed by atoms with Gasteiger partial charge < -0.3 is 25.4 Å². The van der Waals surface area contributed by atoms with Gasteiger partial charge in [0, 0.05) is 24.4 Å². The highest BCUT2D eigenvalue weighted by atomic mass is 16.5. The Morgan fingerprint density at radius 2 is 1.74 bits per heavy atom. The lowest BCUT2D eigenvalue weighted by atomic mass is 9.66. The van der Waals surface area contributed by atoms with Gasteiger partial charge in [-0.1, -0.05) is 39.0 Å². The second kappa shape index (κ2) is 10.3. The first kappa shape index (κ1) is 28.6. The van der Waals surface area contributed by atoms with Gasteiger partial charge in [-0.15, -0.1) is 0 Å². The lowest BCUT2D eigenvalue weighted by Gasteiger charge is -2.38. The number of anilines is 1. The van der Waals surface area contributed by atoms with Gasteiger partial charge in [0.25, 0.3) is 0 Å². The van der Waals surface area contributed by atoms with Crippen LogP contribution in [0.25, 0.3) is 0 Å². The summed E-state index contributed by atoms with van der Waals surface area (Å²) in [7, 11) is 0. The quantitative estimate of drug-likeness (QED) is 0.400. The summed E-state index contributed by atoms with van der Waals surface area (Å²) in [5.74, 6) is -2.05. The molecule has 210 valence electrons. The fraction of sp³-hybridized carbons (Fsp3) is 0.700. The zero-order chi connectivity index (χ0) is 27.9. The molecule has 1 aromatic rings. The number of nitrogens with one attached hydrogen (secondary N) is 2. The van der Waals surface area contributed by atoms with Crippen molar-refractivity contribution in [1.29, 1.82) is 0 Å². The van der Waals surface area contributed by atoms with Crippen molar-refractivity contribution in [1.82, 2.24) is 10.2 Å². The molecule has 38 heavy (non-hydrogen) atoms. The van der Waals surface area contributed by atoms with Crippen molar-refractivity contribution < 1.29 is 24.2 Å². The third-order valence-electron chi connectivity index (χ3n) is 8.34. The molecule has 3 fully saturated rings. The van der Waals surface area contributed by atoms with Crippen molar-refractivity contribution in [2.75, 3.05) is 18.5 Å². The number of amides is 3. The van der Waals surface area contributed by atoms with Crippen LogP contribution in [-0.4, -0.2) is 63.7 Å². The van der Waals surface area contributed by atoms with E-state index in [9.17, 15) is 19.5 Å². The Morgan fingerprint density at radius 1 is 1.05 bits per heavy atom. The van der Waals surface area contributed by atoms with E-state index in [-0.39, 0.29) is 29.7 Å². The normalized spacial score (nSPS) is 30.4. The van der Waals surface area contributed by atoms with Crippen LogP contribution in [0.2, 0.25) is 0 Å². The molecule has 0 saturated carbocycles. The molecule has 0 aliphatic carbocycles. The first-order valence-electron chi connectivity index (χ1n) is 14.0. The maximum absolute atomic E-state index is 14.1. The summed E-state index contributed by atoms with van der Waals surface area (Å²) >= 11 is 0. The van der Waals surface area contributed by atoms with Crippen LogP contribution in [0.4, 0.5) is 5.69 Å². The minimum absolute atomic E-state index is 0.00346. The number of rotatable bonds is 10. The predicted octanol–water partition coefficient (Wildman–Crippen LogP) is 3.88. The molecule has 4 rings (SSSR count). The average molecular weight is 528 g/mol. The lowest BCUT2D eigenvalue weighted by Crippen LogP contribution is -2.59. The second-order valence-electron chi connectivity index (χ2n) is 13.5. The number of ether oxygens (including phenoxy) is 1. The van der Waals surface area contributed by atoms with Gasteiger partial charge in [0.05, 0.1) is 17.4 Å². The van der Waals surface area contributed by atoms with Gasteiger partial charge in [0.15, 0.2) is 0 Å². The number of hydrogen-bond acceptors (Lipinski definition) is 5. The molecule has 8 nitrogen and oxygen atoms in total. The molecule has 2 bridgehead atoms. The monoisotopic (exact) mass is 527 g/mol.